The minimum Gasteiger partial charge on any atom is -0.478 e. The van der Waals surface area contributed by atoms with Crippen LogP contribution in [0.1, 0.15) is 61.4 Å². The molecule has 1 amide bonds. The molecule has 5 heteroatoms. The van der Waals surface area contributed by atoms with Crippen molar-refractivity contribution in [1.82, 2.24) is 4.90 Å². The first-order chi connectivity index (χ1) is 12.5. The van der Waals surface area contributed by atoms with Crippen LogP contribution in [0.4, 0.5) is 0 Å². The standard InChI is InChI=1S/C21H29NO4/c1-2-3-6-19(23)7-4-5-18-12-13-20(24)22(18)15-14-16-8-10-17(11-9-16)21(25)26/h4-5,8-11,18-19,23H,2-3,6-7,12-15H2,1H3,(H,25,26)/b5-4+/t18-,19?/m0/s1. The summed E-state index contributed by atoms with van der Waals surface area (Å²) in [6.45, 7) is 2.73. The van der Waals surface area contributed by atoms with Gasteiger partial charge in [-0.05, 0) is 43.4 Å². The zero-order valence-corrected chi connectivity index (χ0v) is 15.4. The zero-order valence-electron chi connectivity index (χ0n) is 15.4. The summed E-state index contributed by atoms with van der Waals surface area (Å²) in [6, 6.07) is 6.90. The number of aliphatic hydroxyl groups is 1. The fourth-order valence-corrected chi connectivity index (χ4v) is 3.26. The van der Waals surface area contributed by atoms with Crippen molar-refractivity contribution in [3.63, 3.8) is 0 Å². The number of carbonyl (C=O) groups excluding carboxylic acids is 1. The van der Waals surface area contributed by atoms with Crippen molar-refractivity contribution in [2.45, 2.75) is 64.0 Å². The molecule has 26 heavy (non-hydrogen) atoms. The van der Waals surface area contributed by atoms with E-state index in [0.717, 1.165) is 31.2 Å². The van der Waals surface area contributed by atoms with Gasteiger partial charge < -0.3 is 15.1 Å². The van der Waals surface area contributed by atoms with Crippen LogP contribution in [0.25, 0.3) is 0 Å². The molecule has 5 nitrogen and oxygen atoms in total. The first-order valence-corrected chi connectivity index (χ1v) is 9.47. The molecule has 1 fully saturated rings. The SMILES string of the molecule is CCCCC(O)C/C=C/[C@H]1CCC(=O)N1CCc1ccc(C(=O)O)cc1. The fourth-order valence-electron chi connectivity index (χ4n) is 3.26. The monoisotopic (exact) mass is 359 g/mol. The zero-order chi connectivity index (χ0) is 18.9. The van der Waals surface area contributed by atoms with E-state index in [-0.39, 0.29) is 23.6 Å². The molecule has 1 unspecified atom stereocenters. The number of benzene rings is 1. The van der Waals surface area contributed by atoms with E-state index in [2.05, 4.69) is 6.92 Å². The maximum atomic E-state index is 12.2. The number of carbonyl (C=O) groups is 2. The van der Waals surface area contributed by atoms with Crippen LogP contribution in [0, 0.1) is 0 Å². The predicted molar refractivity (Wildman–Crippen MR) is 101 cm³/mol. The summed E-state index contributed by atoms with van der Waals surface area (Å²) < 4.78 is 0. The number of rotatable bonds is 10. The Morgan fingerprint density at radius 2 is 2.08 bits per heavy atom. The lowest BCUT2D eigenvalue weighted by molar-refractivity contribution is -0.128. The number of amides is 1. The summed E-state index contributed by atoms with van der Waals surface area (Å²) in [6.07, 6.45) is 9.40. The van der Waals surface area contributed by atoms with Crippen molar-refractivity contribution in [1.29, 1.82) is 0 Å². The summed E-state index contributed by atoms with van der Waals surface area (Å²) >= 11 is 0. The Morgan fingerprint density at radius 3 is 2.73 bits per heavy atom. The van der Waals surface area contributed by atoms with E-state index in [1.807, 2.05) is 17.1 Å². The van der Waals surface area contributed by atoms with Gasteiger partial charge in [-0.25, -0.2) is 4.79 Å². The van der Waals surface area contributed by atoms with Crippen LogP contribution in [0.2, 0.25) is 0 Å². The molecule has 2 N–H and O–H groups in total. The minimum absolute atomic E-state index is 0.0965. The van der Waals surface area contributed by atoms with Gasteiger partial charge in [0.2, 0.25) is 5.91 Å². The molecule has 2 rings (SSSR count). The molecule has 1 heterocycles. The smallest absolute Gasteiger partial charge is 0.335 e. The molecule has 1 aromatic carbocycles. The Hall–Kier alpha value is -2.14. The third-order valence-electron chi connectivity index (χ3n) is 4.87. The van der Waals surface area contributed by atoms with Crippen molar-refractivity contribution >= 4 is 11.9 Å². The Balaban J connectivity index is 1.85. The molecule has 0 aliphatic carbocycles. The summed E-state index contributed by atoms with van der Waals surface area (Å²) in [4.78, 5) is 24.9. The molecule has 2 atom stereocenters. The Kier molecular flexibility index (Phi) is 7.85. The van der Waals surface area contributed by atoms with E-state index in [1.54, 1.807) is 24.3 Å². The quantitative estimate of drug-likeness (QED) is 0.628. The van der Waals surface area contributed by atoms with E-state index < -0.39 is 5.97 Å². The normalized spacial score (nSPS) is 18.6. The average molecular weight is 359 g/mol. The number of hydrogen-bond acceptors (Lipinski definition) is 3. The van der Waals surface area contributed by atoms with Gasteiger partial charge >= 0.3 is 5.97 Å². The van der Waals surface area contributed by atoms with Crippen LogP contribution < -0.4 is 0 Å². The molecule has 1 aromatic rings. The predicted octanol–water partition coefficient (Wildman–Crippen LogP) is 3.42. The van der Waals surface area contributed by atoms with Crippen LogP contribution >= 0.6 is 0 Å². The summed E-state index contributed by atoms with van der Waals surface area (Å²) in [5, 5.41) is 18.9. The van der Waals surface area contributed by atoms with Gasteiger partial charge in [0.25, 0.3) is 0 Å². The van der Waals surface area contributed by atoms with Gasteiger partial charge in [-0.15, -0.1) is 0 Å². The molecule has 0 spiro atoms. The number of likely N-dealkylation sites (tertiary alicyclic amines) is 1. The van der Waals surface area contributed by atoms with Gasteiger partial charge in [0, 0.05) is 13.0 Å². The highest BCUT2D eigenvalue weighted by molar-refractivity contribution is 5.87. The lowest BCUT2D eigenvalue weighted by atomic mass is 10.1. The van der Waals surface area contributed by atoms with E-state index >= 15 is 0 Å². The number of unbranched alkanes of at least 4 members (excludes halogenated alkanes) is 1. The van der Waals surface area contributed by atoms with E-state index in [9.17, 15) is 14.7 Å². The molecule has 0 radical (unpaired) electrons. The van der Waals surface area contributed by atoms with Gasteiger partial charge in [0.1, 0.15) is 0 Å². The molecule has 1 saturated heterocycles. The van der Waals surface area contributed by atoms with E-state index in [0.29, 0.717) is 25.8 Å². The van der Waals surface area contributed by atoms with Gasteiger partial charge in [0.05, 0.1) is 17.7 Å². The number of hydrogen-bond donors (Lipinski definition) is 2. The lowest BCUT2D eigenvalue weighted by Gasteiger charge is -2.22. The Bertz CT molecular complexity index is 623. The van der Waals surface area contributed by atoms with E-state index in [4.69, 9.17) is 5.11 Å². The van der Waals surface area contributed by atoms with Crippen LogP contribution in [0.3, 0.4) is 0 Å². The lowest BCUT2D eigenvalue weighted by Crippen LogP contribution is -2.33. The number of carboxylic acids is 1. The molecule has 1 aliphatic rings. The van der Waals surface area contributed by atoms with Crippen molar-refractivity contribution in [2.24, 2.45) is 0 Å². The maximum Gasteiger partial charge on any atom is 0.335 e. The third kappa shape index (κ3) is 5.99. The third-order valence-corrected chi connectivity index (χ3v) is 4.87. The molecule has 0 bridgehead atoms. The highest BCUT2D eigenvalue weighted by atomic mass is 16.4. The van der Waals surface area contributed by atoms with Crippen LogP contribution in [-0.4, -0.2) is 45.7 Å². The second-order valence-electron chi connectivity index (χ2n) is 6.91. The molecule has 1 aliphatic heterocycles. The Morgan fingerprint density at radius 1 is 1.35 bits per heavy atom. The fraction of sp³-hybridized carbons (Fsp3) is 0.524. The summed E-state index contributed by atoms with van der Waals surface area (Å²) in [7, 11) is 0. The largest absolute Gasteiger partial charge is 0.478 e. The number of aromatic carboxylic acids is 1. The van der Waals surface area contributed by atoms with Gasteiger partial charge in [0.15, 0.2) is 0 Å². The molecular formula is C21H29NO4. The molecule has 142 valence electrons. The van der Waals surface area contributed by atoms with Crippen LogP contribution in [0.5, 0.6) is 0 Å². The van der Waals surface area contributed by atoms with Crippen molar-refractivity contribution in [3.8, 4) is 0 Å². The van der Waals surface area contributed by atoms with Gasteiger partial charge in [-0.1, -0.05) is 44.1 Å². The van der Waals surface area contributed by atoms with Crippen molar-refractivity contribution in [3.05, 3.63) is 47.5 Å². The van der Waals surface area contributed by atoms with Gasteiger partial charge in [-0.2, -0.15) is 0 Å². The highest BCUT2D eigenvalue weighted by Crippen LogP contribution is 2.21. The first kappa shape index (κ1) is 20.2. The molecular weight excluding hydrogens is 330 g/mol. The summed E-state index contributed by atoms with van der Waals surface area (Å²) in [5.41, 5.74) is 1.29. The highest BCUT2D eigenvalue weighted by Gasteiger charge is 2.28. The second kappa shape index (κ2) is 10.1. The van der Waals surface area contributed by atoms with Gasteiger partial charge in [-0.3, -0.25) is 4.79 Å². The number of nitrogens with zero attached hydrogens (tertiary/aromatic N) is 1. The molecule has 0 aromatic heterocycles. The number of aliphatic hydroxyl groups excluding tert-OH is 1. The molecule has 0 saturated carbocycles. The van der Waals surface area contributed by atoms with Crippen molar-refractivity contribution < 1.29 is 19.8 Å². The topological polar surface area (TPSA) is 77.8 Å². The average Bonchev–Trinajstić information content (AvgIpc) is 2.98. The summed E-state index contributed by atoms with van der Waals surface area (Å²) in [5.74, 6) is -0.772. The van der Waals surface area contributed by atoms with E-state index in [1.165, 1.54) is 0 Å². The maximum absolute atomic E-state index is 12.2. The van der Waals surface area contributed by atoms with Crippen LogP contribution in [0.15, 0.2) is 36.4 Å². The van der Waals surface area contributed by atoms with Crippen LogP contribution in [-0.2, 0) is 11.2 Å². The first-order valence-electron chi connectivity index (χ1n) is 9.47. The van der Waals surface area contributed by atoms with Crippen molar-refractivity contribution in [2.75, 3.05) is 6.54 Å². The number of carboxylic acid groups (broad SMARTS) is 1. The minimum atomic E-state index is -0.933. The Labute approximate surface area is 155 Å². The second-order valence-corrected chi connectivity index (χ2v) is 6.91.